The van der Waals surface area contributed by atoms with Crippen LogP contribution in [0.3, 0.4) is 0 Å². The Bertz CT molecular complexity index is 556. The number of nitrogens with zero attached hydrogens (tertiary/aromatic N) is 2. The van der Waals surface area contributed by atoms with Crippen LogP contribution in [0.1, 0.15) is 6.92 Å². The molecule has 0 saturated carbocycles. The van der Waals surface area contributed by atoms with Gasteiger partial charge in [0.2, 0.25) is 5.95 Å². The lowest BCUT2D eigenvalue weighted by Crippen LogP contribution is -2.22. The lowest BCUT2D eigenvalue weighted by Gasteiger charge is -2.15. The van der Waals surface area contributed by atoms with E-state index in [2.05, 4.69) is 31.2 Å². The van der Waals surface area contributed by atoms with Gasteiger partial charge in [0.1, 0.15) is 5.82 Å². The average Bonchev–Trinajstić information content (AvgIpc) is 2.28. The molecule has 0 radical (unpaired) electrons. The van der Waals surface area contributed by atoms with Crippen LogP contribution >= 0.6 is 15.9 Å². The maximum atomic E-state index is 5.72. The van der Waals surface area contributed by atoms with Crippen LogP contribution in [-0.4, -0.2) is 29.7 Å². The fourth-order valence-electron chi connectivity index (χ4n) is 1.76. The molecule has 5 nitrogen and oxygen atoms in total. The number of anilines is 2. The van der Waals surface area contributed by atoms with Crippen molar-refractivity contribution in [2.45, 2.75) is 13.0 Å². The zero-order valence-corrected chi connectivity index (χ0v) is 11.9. The third-order valence-electron chi connectivity index (χ3n) is 2.48. The van der Waals surface area contributed by atoms with Gasteiger partial charge in [-0.25, -0.2) is 4.98 Å². The van der Waals surface area contributed by atoms with Crippen molar-refractivity contribution >= 4 is 38.6 Å². The summed E-state index contributed by atoms with van der Waals surface area (Å²) in [5.41, 5.74) is 6.52. The van der Waals surface area contributed by atoms with E-state index in [1.54, 1.807) is 7.11 Å². The summed E-state index contributed by atoms with van der Waals surface area (Å²) in [6.45, 7) is 2.62. The SMILES string of the molecule is COC[C@@H](C)Nc1nc(N)nc2cc(Br)ccc12. The quantitative estimate of drug-likeness (QED) is 0.907. The van der Waals surface area contributed by atoms with E-state index in [0.717, 1.165) is 21.2 Å². The Morgan fingerprint density at radius 2 is 2.22 bits per heavy atom. The molecule has 1 atom stereocenters. The first kappa shape index (κ1) is 13.0. The predicted octanol–water partition coefficient (Wildman–Crippen LogP) is 2.42. The minimum atomic E-state index is 0.149. The van der Waals surface area contributed by atoms with Crippen molar-refractivity contribution in [2.75, 3.05) is 24.8 Å². The Morgan fingerprint density at radius 1 is 1.44 bits per heavy atom. The second-order valence-corrected chi connectivity index (χ2v) is 5.01. The van der Waals surface area contributed by atoms with Gasteiger partial charge in [-0.15, -0.1) is 0 Å². The molecule has 1 aromatic carbocycles. The highest BCUT2D eigenvalue weighted by atomic mass is 79.9. The van der Waals surface area contributed by atoms with Gasteiger partial charge in [0.05, 0.1) is 12.1 Å². The van der Waals surface area contributed by atoms with E-state index in [1.807, 2.05) is 25.1 Å². The van der Waals surface area contributed by atoms with Gasteiger partial charge < -0.3 is 15.8 Å². The molecule has 1 aromatic heterocycles. The summed E-state index contributed by atoms with van der Waals surface area (Å²) in [7, 11) is 1.67. The molecule has 2 rings (SSSR count). The topological polar surface area (TPSA) is 73.1 Å². The van der Waals surface area contributed by atoms with Crippen LogP contribution in [0.2, 0.25) is 0 Å². The number of aromatic nitrogens is 2. The number of ether oxygens (including phenoxy) is 1. The van der Waals surface area contributed by atoms with Crippen LogP contribution in [0.15, 0.2) is 22.7 Å². The molecule has 0 aliphatic carbocycles. The van der Waals surface area contributed by atoms with Crippen molar-refractivity contribution in [3.8, 4) is 0 Å². The lowest BCUT2D eigenvalue weighted by atomic mass is 10.2. The van der Waals surface area contributed by atoms with Crippen LogP contribution in [-0.2, 0) is 4.74 Å². The van der Waals surface area contributed by atoms with Gasteiger partial charge >= 0.3 is 0 Å². The zero-order chi connectivity index (χ0) is 13.1. The van der Waals surface area contributed by atoms with Crippen LogP contribution in [0.25, 0.3) is 10.9 Å². The molecule has 0 aliphatic rings. The molecular formula is C12H15BrN4O. The molecule has 0 fully saturated rings. The summed E-state index contributed by atoms with van der Waals surface area (Å²) in [5.74, 6) is 0.988. The molecule has 0 unspecified atom stereocenters. The molecule has 0 aliphatic heterocycles. The standard InChI is InChI=1S/C12H15BrN4O/c1-7(6-18-2)15-11-9-4-3-8(13)5-10(9)16-12(14)17-11/h3-5,7H,6H2,1-2H3,(H3,14,15,16,17)/t7-/m1/s1. The van der Waals surface area contributed by atoms with Gasteiger partial charge in [-0.2, -0.15) is 4.98 Å². The van der Waals surface area contributed by atoms with E-state index in [1.165, 1.54) is 0 Å². The predicted molar refractivity (Wildman–Crippen MR) is 76.6 cm³/mol. The summed E-state index contributed by atoms with van der Waals surface area (Å²) in [6, 6.07) is 5.98. The number of rotatable bonds is 4. The Hall–Kier alpha value is -1.40. The van der Waals surface area contributed by atoms with Gasteiger partial charge in [0.15, 0.2) is 0 Å². The summed E-state index contributed by atoms with van der Waals surface area (Å²) in [5, 5.41) is 4.21. The number of nitrogens with one attached hydrogen (secondary N) is 1. The van der Waals surface area contributed by atoms with E-state index in [-0.39, 0.29) is 12.0 Å². The van der Waals surface area contributed by atoms with Crippen LogP contribution < -0.4 is 11.1 Å². The van der Waals surface area contributed by atoms with E-state index in [0.29, 0.717) is 6.61 Å². The molecule has 1 heterocycles. The number of halogens is 1. The molecule has 0 amide bonds. The first-order valence-corrected chi connectivity index (χ1v) is 6.37. The second-order valence-electron chi connectivity index (χ2n) is 4.09. The summed E-state index contributed by atoms with van der Waals surface area (Å²) < 4.78 is 6.05. The zero-order valence-electron chi connectivity index (χ0n) is 10.3. The van der Waals surface area contributed by atoms with Crippen molar-refractivity contribution < 1.29 is 4.74 Å². The van der Waals surface area contributed by atoms with Crippen LogP contribution in [0.4, 0.5) is 11.8 Å². The van der Waals surface area contributed by atoms with Crippen molar-refractivity contribution in [1.29, 1.82) is 0 Å². The number of fused-ring (bicyclic) bond motifs is 1. The first-order valence-electron chi connectivity index (χ1n) is 5.58. The maximum Gasteiger partial charge on any atom is 0.222 e. The number of methoxy groups -OCH3 is 1. The molecule has 0 spiro atoms. The summed E-state index contributed by atoms with van der Waals surface area (Å²) in [4.78, 5) is 8.45. The second kappa shape index (κ2) is 5.49. The Morgan fingerprint density at radius 3 is 2.94 bits per heavy atom. The number of nitrogens with two attached hydrogens (primary N) is 1. The number of nitrogen functional groups attached to an aromatic ring is 1. The van der Waals surface area contributed by atoms with Crippen molar-refractivity contribution in [3.63, 3.8) is 0 Å². The van der Waals surface area contributed by atoms with Gasteiger partial charge in [-0.05, 0) is 25.1 Å². The average molecular weight is 311 g/mol. The van der Waals surface area contributed by atoms with E-state index >= 15 is 0 Å². The molecule has 0 bridgehead atoms. The highest BCUT2D eigenvalue weighted by Gasteiger charge is 2.09. The fraction of sp³-hybridized carbons (Fsp3) is 0.333. The van der Waals surface area contributed by atoms with Gasteiger partial charge in [0, 0.05) is 23.0 Å². The highest BCUT2D eigenvalue weighted by molar-refractivity contribution is 9.10. The maximum absolute atomic E-state index is 5.72. The first-order chi connectivity index (χ1) is 8.60. The third kappa shape index (κ3) is 2.88. The van der Waals surface area contributed by atoms with Gasteiger partial charge in [-0.1, -0.05) is 15.9 Å². The Kier molecular flexibility index (Phi) is 3.98. The van der Waals surface area contributed by atoms with E-state index in [9.17, 15) is 0 Å². The van der Waals surface area contributed by atoms with Gasteiger partial charge in [0.25, 0.3) is 0 Å². The van der Waals surface area contributed by atoms with Crippen molar-refractivity contribution in [2.24, 2.45) is 0 Å². The molecule has 3 N–H and O–H groups in total. The van der Waals surface area contributed by atoms with Crippen LogP contribution in [0.5, 0.6) is 0 Å². The Balaban J connectivity index is 2.42. The monoisotopic (exact) mass is 310 g/mol. The fourth-order valence-corrected chi connectivity index (χ4v) is 2.10. The molecule has 2 aromatic rings. The minimum Gasteiger partial charge on any atom is -0.383 e. The number of hydrogen-bond donors (Lipinski definition) is 2. The van der Waals surface area contributed by atoms with E-state index in [4.69, 9.17) is 10.5 Å². The number of hydrogen-bond acceptors (Lipinski definition) is 5. The van der Waals surface area contributed by atoms with E-state index < -0.39 is 0 Å². The molecule has 18 heavy (non-hydrogen) atoms. The summed E-state index contributed by atoms with van der Waals surface area (Å²) >= 11 is 3.42. The van der Waals surface area contributed by atoms with Crippen molar-refractivity contribution in [1.82, 2.24) is 9.97 Å². The highest BCUT2D eigenvalue weighted by Crippen LogP contribution is 2.24. The Labute approximate surface area is 114 Å². The normalized spacial score (nSPS) is 12.6. The largest absolute Gasteiger partial charge is 0.383 e. The van der Waals surface area contributed by atoms with Gasteiger partial charge in [-0.3, -0.25) is 0 Å². The van der Waals surface area contributed by atoms with Crippen molar-refractivity contribution in [3.05, 3.63) is 22.7 Å². The van der Waals surface area contributed by atoms with Crippen LogP contribution in [0, 0.1) is 0 Å². The number of benzene rings is 1. The smallest absolute Gasteiger partial charge is 0.222 e. The molecular weight excluding hydrogens is 296 g/mol. The lowest BCUT2D eigenvalue weighted by molar-refractivity contribution is 0.190. The minimum absolute atomic E-state index is 0.149. The third-order valence-corrected chi connectivity index (χ3v) is 2.97. The molecule has 96 valence electrons. The molecule has 0 saturated heterocycles. The summed E-state index contributed by atoms with van der Waals surface area (Å²) in [6.07, 6.45) is 0. The molecule has 6 heteroatoms.